The third-order valence-corrected chi connectivity index (χ3v) is 14.9. The van der Waals surface area contributed by atoms with Gasteiger partial charge in [-0.1, -0.05) is 0 Å². The third kappa shape index (κ3) is 8.97. The number of methoxy groups -OCH3 is 4. The van der Waals surface area contributed by atoms with Crippen molar-refractivity contribution in [3.8, 4) is 23.0 Å². The van der Waals surface area contributed by atoms with Crippen LogP contribution in [0.4, 0.5) is 0 Å². The second kappa shape index (κ2) is 17.4. The molecule has 0 aliphatic rings. The number of rotatable bonds is 14. The van der Waals surface area contributed by atoms with Crippen molar-refractivity contribution in [1.29, 1.82) is 0 Å². The van der Waals surface area contributed by atoms with E-state index in [1.54, 1.807) is 52.0 Å². The molecule has 6 rings (SSSR count). The fraction of sp³-hybridized carbons (Fsp3) is 0.100. The first-order chi connectivity index (χ1) is 24.1. The van der Waals surface area contributed by atoms with E-state index in [1.165, 1.54) is 38.3 Å². The summed E-state index contributed by atoms with van der Waals surface area (Å²) < 4.78 is 24.7. The minimum absolute atomic E-state index is 0.0874. The van der Waals surface area contributed by atoms with Crippen LogP contribution in [0, 0.1) is 0 Å². The van der Waals surface area contributed by atoms with Gasteiger partial charge in [0.15, 0.2) is 0 Å². The fourth-order valence-corrected chi connectivity index (χ4v) is 11.6. The van der Waals surface area contributed by atoms with Gasteiger partial charge in [0.1, 0.15) is 0 Å². The summed E-state index contributed by atoms with van der Waals surface area (Å²) in [6.45, 7) is 0. The molecule has 0 radical (unpaired) electrons. The zero-order valence-electron chi connectivity index (χ0n) is 27.4. The molecular weight excluding hydrogens is 752 g/mol. The molecule has 6 aromatic carbocycles. The molecule has 0 heterocycles. The van der Waals surface area contributed by atoms with Gasteiger partial charge in [-0.05, 0) is 0 Å². The van der Waals surface area contributed by atoms with Gasteiger partial charge < -0.3 is 0 Å². The Kier molecular flexibility index (Phi) is 12.5. The van der Waals surface area contributed by atoms with E-state index in [4.69, 9.17) is 18.9 Å². The Labute approximate surface area is 311 Å². The van der Waals surface area contributed by atoms with Gasteiger partial charge >= 0.3 is 314 Å². The van der Waals surface area contributed by atoms with Crippen molar-refractivity contribution in [1.82, 2.24) is 0 Å². The SMILES string of the molecule is COc1ccc(Sc2ccccc2Sc2ccccc2[Se]c2ccccc2Sc2ccccc2Sc2ccc(OC)c(OC)c2)cc1OC. The van der Waals surface area contributed by atoms with Gasteiger partial charge in [0, 0.05) is 0 Å². The van der Waals surface area contributed by atoms with E-state index >= 15 is 0 Å². The van der Waals surface area contributed by atoms with E-state index in [1.807, 2.05) is 47.8 Å². The molecule has 4 nitrogen and oxygen atoms in total. The van der Waals surface area contributed by atoms with Crippen LogP contribution in [0.2, 0.25) is 0 Å². The zero-order valence-corrected chi connectivity index (χ0v) is 32.4. The minimum atomic E-state index is 0.0874. The number of ether oxygens (including phenoxy) is 4. The summed E-state index contributed by atoms with van der Waals surface area (Å²) in [6.07, 6.45) is 0. The molecule has 0 unspecified atom stereocenters. The predicted molar refractivity (Wildman–Crippen MR) is 206 cm³/mol. The van der Waals surface area contributed by atoms with Crippen molar-refractivity contribution in [3.05, 3.63) is 133 Å². The summed E-state index contributed by atoms with van der Waals surface area (Å²) in [5.74, 6) is 2.90. The number of hydrogen-bond donors (Lipinski definition) is 0. The van der Waals surface area contributed by atoms with Gasteiger partial charge in [-0.2, -0.15) is 0 Å². The molecule has 6 aromatic rings. The van der Waals surface area contributed by atoms with E-state index < -0.39 is 0 Å². The van der Waals surface area contributed by atoms with Crippen LogP contribution >= 0.6 is 47.0 Å². The molecule has 9 heteroatoms. The second-order valence-corrected chi connectivity index (χ2v) is 17.0. The Balaban J connectivity index is 1.23. The second-order valence-electron chi connectivity index (χ2n) is 10.3. The Bertz CT molecular complexity index is 1890. The standard InChI is InChI=1S/C40H34O4S4Se/c1-41-29-23-21-27(25-31(29)43-3)45-33-13-5-7-15-35(33)47-37-17-9-11-19-39(37)49-40-20-12-10-18-38(40)48-36-16-8-6-14-34(36)46-28-22-24-30(42-2)32(26-28)44-4/h5-26H,1-4H3. The van der Waals surface area contributed by atoms with Gasteiger partial charge in [-0.3, -0.25) is 0 Å². The average molecular weight is 786 g/mol. The van der Waals surface area contributed by atoms with Crippen molar-refractivity contribution in [2.75, 3.05) is 28.4 Å². The van der Waals surface area contributed by atoms with E-state index in [9.17, 15) is 0 Å². The first-order valence-corrected chi connectivity index (χ1v) is 20.3. The van der Waals surface area contributed by atoms with Gasteiger partial charge in [-0.25, -0.2) is 0 Å². The summed E-state index contributed by atoms with van der Waals surface area (Å²) in [4.78, 5) is 9.56. The van der Waals surface area contributed by atoms with Gasteiger partial charge in [-0.15, -0.1) is 0 Å². The third-order valence-electron chi connectivity index (χ3n) is 7.22. The summed E-state index contributed by atoms with van der Waals surface area (Å²) in [5, 5.41) is 0. The van der Waals surface area contributed by atoms with Gasteiger partial charge in [0.25, 0.3) is 0 Å². The van der Waals surface area contributed by atoms with Crippen LogP contribution in [0.1, 0.15) is 0 Å². The van der Waals surface area contributed by atoms with E-state index in [-0.39, 0.29) is 15.0 Å². The fourth-order valence-electron chi connectivity index (χ4n) is 4.84. The van der Waals surface area contributed by atoms with Crippen molar-refractivity contribution in [2.24, 2.45) is 0 Å². The first kappa shape index (κ1) is 35.3. The number of hydrogen-bond acceptors (Lipinski definition) is 8. The molecule has 0 saturated carbocycles. The molecule has 248 valence electrons. The van der Waals surface area contributed by atoms with Gasteiger partial charge in [0.05, 0.1) is 0 Å². The topological polar surface area (TPSA) is 36.9 Å². The quantitative estimate of drug-likeness (QED) is 0.101. The predicted octanol–water partition coefficient (Wildman–Crippen LogP) is 9.98. The molecule has 0 aliphatic carbocycles. The Morgan fingerprint density at radius 3 is 1.04 bits per heavy atom. The van der Waals surface area contributed by atoms with Crippen LogP contribution in [0.5, 0.6) is 23.0 Å². The van der Waals surface area contributed by atoms with Crippen LogP contribution in [-0.4, -0.2) is 43.4 Å². The van der Waals surface area contributed by atoms with Crippen LogP contribution in [0.25, 0.3) is 0 Å². The monoisotopic (exact) mass is 786 g/mol. The van der Waals surface area contributed by atoms with E-state index in [2.05, 4.69) is 109 Å². The molecule has 49 heavy (non-hydrogen) atoms. The molecule has 0 aliphatic heterocycles. The first-order valence-electron chi connectivity index (χ1n) is 15.3. The van der Waals surface area contributed by atoms with Crippen LogP contribution in [0.15, 0.2) is 173 Å². The molecule has 0 N–H and O–H groups in total. The van der Waals surface area contributed by atoms with Crippen molar-refractivity contribution in [2.45, 2.75) is 39.2 Å². The maximum atomic E-state index is 5.56. The molecule has 0 bridgehead atoms. The molecule has 0 amide bonds. The average Bonchev–Trinajstić information content (AvgIpc) is 3.14. The summed E-state index contributed by atoms with van der Waals surface area (Å²) in [7, 11) is 6.66. The molecule has 0 saturated heterocycles. The maximum absolute atomic E-state index is 5.56. The zero-order chi connectivity index (χ0) is 34.0. The molecular formula is C40H34O4S4Se. The van der Waals surface area contributed by atoms with E-state index in [0.717, 1.165) is 32.8 Å². The van der Waals surface area contributed by atoms with Crippen LogP contribution in [-0.2, 0) is 0 Å². The Hall–Kier alpha value is -3.56. The van der Waals surface area contributed by atoms with Gasteiger partial charge in [0.2, 0.25) is 0 Å². The summed E-state index contributed by atoms with van der Waals surface area (Å²) >= 11 is 7.20. The summed E-state index contributed by atoms with van der Waals surface area (Å²) in [6, 6.07) is 46.9. The Morgan fingerprint density at radius 1 is 0.347 bits per heavy atom. The van der Waals surface area contributed by atoms with Crippen molar-refractivity contribution in [3.63, 3.8) is 0 Å². The summed E-state index contributed by atoms with van der Waals surface area (Å²) in [5.41, 5.74) is 0. The van der Waals surface area contributed by atoms with Crippen LogP contribution in [0.3, 0.4) is 0 Å². The van der Waals surface area contributed by atoms with Crippen molar-refractivity contribution >= 4 is 70.9 Å². The molecule has 0 fully saturated rings. The molecule has 0 spiro atoms. The van der Waals surface area contributed by atoms with Crippen molar-refractivity contribution < 1.29 is 18.9 Å². The van der Waals surface area contributed by atoms with E-state index in [0.29, 0.717) is 0 Å². The Morgan fingerprint density at radius 2 is 0.673 bits per heavy atom. The normalized spacial score (nSPS) is 10.9. The van der Waals surface area contributed by atoms with Crippen LogP contribution < -0.4 is 27.9 Å². The molecule has 0 atom stereocenters. The molecule has 0 aromatic heterocycles. The number of benzene rings is 6.